The third kappa shape index (κ3) is 6.31. The molecule has 0 aromatic rings. The SMILES string of the molecule is C/C1=[N+](\C2=C/CCCCCCCC2)CCCNCCNC1. The Hall–Kier alpha value is -0.670. The summed E-state index contributed by atoms with van der Waals surface area (Å²) in [5.41, 5.74) is 3.09. The maximum absolute atomic E-state index is 3.56. The summed E-state index contributed by atoms with van der Waals surface area (Å²) in [6.07, 6.45) is 14.7. The largest absolute Gasteiger partial charge is 0.315 e. The second-order valence-electron chi connectivity index (χ2n) is 6.52. The lowest BCUT2D eigenvalue weighted by Crippen LogP contribution is -2.37. The number of allylic oxidation sites excluding steroid dienone is 2. The number of nitrogens with one attached hydrogen (secondary N) is 2. The van der Waals surface area contributed by atoms with Gasteiger partial charge in [-0.15, -0.1) is 0 Å². The van der Waals surface area contributed by atoms with Crippen LogP contribution in [0.25, 0.3) is 0 Å². The predicted molar refractivity (Wildman–Crippen MR) is 91.2 cm³/mol. The van der Waals surface area contributed by atoms with Gasteiger partial charge in [-0.1, -0.05) is 25.7 Å². The molecule has 0 atom stereocenters. The highest BCUT2D eigenvalue weighted by molar-refractivity contribution is 5.79. The summed E-state index contributed by atoms with van der Waals surface area (Å²) >= 11 is 0. The van der Waals surface area contributed by atoms with Gasteiger partial charge in [-0.2, -0.15) is 0 Å². The highest BCUT2D eigenvalue weighted by Crippen LogP contribution is 2.18. The fourth-order valence-corrected chi connectivity index (χ4v) is 3.38. The van der Waals surface area contributed by atoms with Crippen molar-refractivity contribution in [2.75, 3.05) is 32.7 Å². The quantitative estimate of drug-likeness (QED) is 0.727. The maximum atomic E-state index is 3.56. The minimum Gasteiger partial charge on any atom is -0.315 e. The molecular weight excluding hydrogens is 258 g/mol. The van der Waals surface area contributed by atoms with E-state index in [1.807, 2.05) is 0 Å². The molecule has 0 aromatic heterocycles. The Morgan fingerprint density at radius 1 is 0.857 bits per heavy atom. The summed E-state index contributed by atoms with van der Waals surface area (Å²) in [6, 6.07) is 0. The van der Waals surface area contributed by atoms with Gasteiger partial charge in [0.2, 0.25) is 0 Å². The molecule has 2 rings (SSSR count). The van der Waals surface area contributed by atoms with Crippen LogP contribution < -0.4 is 10.6 Å². The molecular formula is C18H34N3+. The molecule has 0 saturated heterocycles. The summed E-state index contributed by atoms with van der Waals surface area (Å²) in [5, 5.41) is 7.07. The summed E-state index contributed by atoms with van der Waals surface area (Å²) in [5.74, 6) is 0. The maximum Gasteiger partial charge on any atom is 0.177 e. The molecule has 1 heterocycles. The standard InChI is InChI=1S/C18H34N3/c1-17-16-20-14-13-19-12-9-15-21(17)18-10-7-5-3-2-4-6-8-11-18/h10,19-20H,2-9,11-16H2,1H3/q+1/b18-10-,21-17+. The molecule has 1 aliphatic heterocycles. The highest BCUT2D eigenvalue weighted by Gasteiger charge is 2.17. The molecule has 3 nitrogen and oxygen atoms in total. The van der Waals surface area contributed by atoms with E-state index in [-0.39, 0.29) is 0 Å². The number of nitrogens with zero attached hydrogens (tertiary/aromatic N) is 1. The van der Waals surface area contributed by atoms with Gasteiger partial charge in [0, 0.05) is 39.4 Å². The number of rotatable bonds is 1. The molecule has 1 aliphatic carbocycles. The Kier molecular flexibility index (Phi) is 8.05. The normalized spacial score (nSPS) is 30.2. The molecule has 120 valence electrons. The van der Waals surface area contributed by atoms with Gasteiger partial charge in [0.05, 0.1) is 6.54 Å². The number of hydrogen-bond acceptors (Lipinski definition) is 2. The van der Waals surface area contributed by atoms with E-state index in [2.05, 4.69) is 28.2 Å². The van der Waals surface area contributed by atoms with Crippen LogP contribution in [0, 0.1) is 0 Å². The second-order valence-corrected chi connectivity index (χ2v) is 6.52. The first kappa shape index (κ1) is 16.7. The molecule has 0 amide bonds. The third-order valence-corrected chi connectivity index (χ3v) is 4.67. The van der Waals surface area contributed by atoms with E-state index >= 15 is 0 Å². The second kappa shape index (κ2) is 10.1. The topological polar surface area (TPSA) is 27.1 Å². The van der Waals surface area contributed by atoms with Crippen LogP contribution >= 0.6 is 0 Å². The van der Waals surface area contributed by atoms with Crippen molar-refractivity contribution in [2.24, 2.45) is 0 Å². The molecule has 0 fully saturated rings. The van der Waals surface area contributed by atoms with Crippen molar-refractivity contribution in [2.45, 2.75) is 64.7 Å². The lowest BCUT2D eigenvalue weighted by atomic mass is 10.0. The van der Waals surface area contributed by atoms with Crippen LogP contribution in [0.4, 0.5) is 0 Å². The number of hydrogen-bond donors (Lipinski definition) is 2. The predicted octanol–water partition coefficient (Wildman–Crippen LogP) is 3.06. The van der Waals surface area contributed by atoms with Crippen molar-refractivity contribution in [3.63, 3.8) is 0 Å². The minimum absolute atomic E-state index is 1.03. The zero-order valence-electron chi connectivity index (χ0n) is 13.9. The van der Waals surface area contributed by atoms with Gasteiger partial charge in [-0.3, -0.25) is 0 Å². The summed E-state index contributed by atoms with van der Waals surface area (Å²) in [4.78, 5) is 0. The van der Waals surface area contributed by atoms with Crippen molar-refractivity contribution >= 4 is 5.71 Å². The van der Waals surface area contributed by atoms with E-state index in [1.165, 1.54) is 70.0 Å². The molecule has 0 spiro atoms. The van der Waals surface area contributed by atoms with Gasteiger partial charge in [-0.05, 0) is 25.3 Å². The van der Waals surface area contributed by atoms with Crippen LogP contribution in [-0.4, -0.2) is 43.0 Å². The van der Waals surface area contributed by atoms with E-state index in [1.54, 1.807) is 5.70 Å². The van der Waals surface area contributed by atoms with E-state index in [0.717, 1.165) is 26.2 Å². The average Bonchev–Trinajstić information content (AvgIpc) is 2.51. The van der Waals surface area contributed by atoms with Crippen molar-refractivity contribution < 1.29 is 4.58 Å². The Bertz CT molecular complexity index is 357. The van der Waals surface area contributed by atoms with Crippen molar-refractivity contribution in [1.82, 2.24) is 10.6 Å². The Labute approximate surface area is 130 Å². The average molecular weight is 292 g/mol. The van der Waals surface area contributed by atoms with E-state index < -0.39 is 0 Å². The van der Waals surface area contributed by atoms with Crippen LogP contribution in [0.2, 0.25) is 0 Å². The van der Waals surface area contributed by atoms with Crippen molar-refractivity contribution in [1.29, 1.82) is 0 Å². The molecule has 0 aromatic carbocycles. The molecule has 0 unspecified atom stereocenters. The zero-order valence-corrected chi connectivity index (χ0v) is 13.9. The van der Waals surface area contributed by atoms with E-state index in [0.29, 0.717) is 0 Å². The molecule has 0 bridgehead atoms. The Morgan fingerprint density at radius 3 is 2.52 bits per heavy atom. The molecule has 0 saturated carbocycles. The summed E-state index contributed by atoms with van der Waals surface area (Å²) < 4.78 is 2.61. The molecule has 0 radical (unpaired) electrons. The van der Waals surface area contributed by atoms with E-state index in [9.17, 15) is 0 Å². The fourth-order valence-electron chi connectivity index (χ4n) is 3.38. The van der Waals surface area contributed by atoms with Crippen molar-refractivity contribution in [3.8, 4) is 0 Å². The van der Waals surface area contributed by atoms with Crippen molar-refractivity contribution in [3.05, 3.63) is 11.8 Å². The van der Waals surface area contributed by atoms with Crippen LogP contribution in [0.15, 0.2) is 11.8 Å². The van der Waals surface area contributed by atoms with Crippen LogP contribution in [0.3, 0.4) is 0 Å². The molecule has 2 N–H and O–H groups in total. The monoisotopic (exact) mass is 292 g/mol. The Balaban J connectivity index is 2.08. The van der Waals surface area contributed by atoms with E-state index in [4.69, 9.17) is 0 Å². The van der Waals surface area contributed by atoms with Gasteiger partial charge >= 0.3 is 0 Å². The summed E-state index contributed by atoms with van der Waals surface area (Å²) in [6.45, 7) is 7.81. The Morgan fingerprint density at radius 2 is 1.62 bits per heavy atom. The van der Waals surface area contributed by atoms with Crippen LogP contribution in [-0.2, 0) is 0 Å². The zero-order chi connectivity index (χ0) is 14.8. The minimum atomic E-state index is 1.03. The first-order valence-electron chi connectivity index (χ1n) is 9.08. The van der Waals surface area contributed by atoms with Gasteiger partial charge in [0.25, 0.3) is 0 Å². The first-order valence-corrected chi connectivity index (χ1v) is 9.08. The molecule has 21 heavy (non-hydrogen) atoms. The first-order chi connectivity index (χ1) is 10.4. The van der Waals surface area contributed by atoms with Gasteiger partial charge in [0.15, 0.2) is 11.4 Å². The fraction of sp³-hybridized carbons (Fsp3) is 0.833. The lowest BCUT2D eigenvalue weighted by molar-refractivity contribution is -0.482. The highest BCUT2D eigenvalue weighted by atomic mass is 15.1. The van der Waals surface area contributed by atoms with Gasteiger partial charge < -0.3 is 10.6 Å². The molecule has 2 aliphatic rings. The van der Waals surface area contributed by atoms with Crippen LogP contribution in [0.5, 0.6) is 0 Å². The molecule has 3 heteroatoms. The third-order valence-electron chi connectivity index (χ3n) is 4.67. The lowest BCUT2D eigenvalue weighted by Gasteiger charge is -2.15. The van der Waals surface area contributed by atoms with Crippen LogP contribution in [0.1, 0.15) is 64.7 Å². The summed E-state index contributed by atoms with van der Waals surface area (Å²) in [7, 11) is 0. The van der Waals surface area contributed by atoms with Gasteiger partial charge in [-0.25, -0.2) is 4.58 Å². The van der Waals surface area contributed by atoms with Gasteiger partial charge in [0.1, 0.15) is 6.54 Å². The smallest absolute Gasteiger partial charge is 0.177 e.